The highest BCUT2D eigenvalue weighted by atomic mass is 16.5. The molecule has 3 aromatic carbocycles. The number of carbonyl (C=O) groups is 2. The Morgan fingerprint density at radius 2 is 1.84 bits per heavy atom. The number of fused-ring (bicyclic) bond motifs is 2. The summed E-state index contributed by atoms with van der Waals surface area (Å²) in [5, 5.41) is 29.1. The summed E-state index contributed by atoms with van der Waals surface area (Å²) in [6.07, 6.45) is 6.71. The average molecular weight is 580 g/mol. The van der Waals surface area contributed by atoms with Crippen LogP contribution in [-0.4, -0.2) is 50.2 Å². The molecule has 220 valence electrons. The Bertz CT molecular complexity index is 1680. The zero-order valence-corrected chi connectivity index (χ0v) is 23.8. The normalized spacial score (nSPS) is 18.6. The molecule has 6 rings (SSSR count). The maximum Gasteiger partial charge on any atom is 0.269 e. The molecule has 2 aliphatic heterocycles. The summed E-state index contributed by atoms with van der Waals surface area (Å²) in [6, 6.07) is 22.3. The molecule has 0 saturated heterocycles. The SMILES string of the molecule is C[C@@H](/C=C/CCn1cc(CCO)nn1)[C@]1(O)C(=O)N(Cc2cccc(N3C(=O)COc4ccccc43)c2)c2ccccc21. The number of aryl methyl sites for hydroxylation is 1. The van der Waals surface area contributed by atoms with Gasteiger partial charge in [-0.25, -0.2) is 0 Å². The second kappa shape index (κ2) is 11.8. The van der Waals surface area contributed by atoms with Gasteiger partial charge < -0.3 is 19.8 Å². The Morgan fingerprint density at radius 3 is 2.67 bits per heavy atom. The van der Waals surface area contributed by atoms with Crippen molar-refractivity contribution in [3.05, 3.63) is 108 Å². The third kappa shape index (κ3) is 5.31. The molecule has 10 nitrogen and oxygen atoms in total. The van der Waals surface area contributed by atoms with Gasteiger partial charge in [0.1, 0.15) is 5.75 Å². The standard InChI is InChI=1S/C33H33N5O5/c1-23(9-6-7-17-36-21-25(16-18-39)34-35-36)33(42)27-12-2-3-13-28(27)37(32(33)41)20-24-10-8-11-26(19-24)38-29-14-4-5-15-30(29)43-22-31(38)40/h2-6,8-15,19,21,23,39,42H,7,16-18,20,22H2,1H3/b9-6+/t23-,33+/m0/s1. The molecule has 4 aromatic rings. The van der Waals surface area contributed by atoms with Gasteiger partial charge in [0.25, 0.3) is 11.8 Å². The van der Waals surface area contributed by atoms with E-state index in [0.29, 0.717) is 47.8 Å². The number of anilines is 3. The Labute approximate surface area is 249 Å². The lowest BCUT2D eigenvalue weighted by molar-refractivity contribution is -0.139. The van der Waals surface area contributed by atoms with Crippen LogP contribution in [-0.2, 0) is 34.7 Å². The first-order chi connectivity index (χ1) is 20.9. The molecule has 43 heavy (non-hydrogen) atoms. The molecule has 0 radical (unpaired) electrons. The minimum Gasteiger partial charge on any atom is -0.482 e. The van der Waals surface area contributed by atoms with E-state index in [0.717, 1.165) is 11.3 Å². The van der Waals surface area contributed by atoms with Crippen molar-refractivity contribution >= 4 is 28.9 Å². The summed E-state index contributed by atoms with van der Waals surface area (Å²) >= 11 is 0. The molecule has 0 fully saturated rings. The van der Waals surface area contributed by atoms with Crippen LogP contribution < -0.4 is 14.5 Å². The molecule has 0 saturated carbocycles. The van der Waals surface area contributed by atoms with E-state index in [1.54, 1.807) is 26.7 Å². The first-order valence-electron chi connectivity index (χ1n) is 14.3. The number of amides is 2. The summed E-state index contributed by atoms with van der Waals surface area (Å²) in [7, 11) is 0. The second-order valence-corrected chi connectivity index (χ2v) is 10.8. The fourth-order valence-electron chi connectivity index (χ4n) is 5.74. The molecule has 2 atom stereocenters. The zero-order valence-electron chi connectivity index (χ0n) is 23.8. The Kier molecular flexibility index (Phi) is 7.79. The van der Waals surface area contributed by atoms with E-state index in [1.807, 2.05) is 85.8 Å². The van der Waals surface area contributed by atoms with Crippen molar-refractivity contribution in [1.82, 2.24) is 15.0 Å². The molecule has 2 N–H and O–H groups in total. The van der Waals surface area contributed by atoms with Gasteiger partial charge in [-0.05, 0) is 42.3 Å². The van der Waals surface area contributed by atoms with E-state index in [4.69, 9.17) is 9.84 Å². The van der Waals surface area contributed by atoms with Crippen LogP contribution in [0.1, 0.15) is 30.2 Å². The predicted octanol–water partition coefficient (Wildman–Crippen LogP) is 3.89. The maximum atomic E-state index is 14.0. The van der Waals surface area contributed by atoms with E-state index in [2.05, 4.69) is 10.3 Å². The molecular formula is C33H33N5O5. The number of aliphatic hydroxyl groups excluding tert-OH is 1. The summed E-state index contributed by atoms with van der Waals surface area (Å²) < 4.78 is 7.31. The van der Waals surface area contributed by atoms with Crippen LogP contribution >= 0.6 is 0 Å². The van der Waals surface area contributed by atoms with Crippen molar-refractivity contribution in [2.75, 3.05) is 23.0 Å². The zero-order chi connectivity index (χ0) is 30.0. The lowest BCUT2D eigenvalue weighted by Gasteiger charge is -2.30. The smallest absolute Gasteiger partial charge is 0.269 e. The summed E-state index contributed by atoms with van der Waals surface area (Å²) in [4.78, 5) is 30.1. The number of para-hydroxylation sites is 3. The highest BCUT2D eigenvalue weighted by Gasteiger charge is 2.52. The first kappa shape index (κ1) is 28.3. The van der Waals surface area contributed by atoms with Crippen molar-refractivity contribution in [3.63, 3.8) is 0 Å². The minimum atomic E-state index is -1.73. The van der Waals surface area contributed by atoms with Gasteiger partial charge >= 0.3 is 0 Å². The van der Waals surface area contributed by atoms with Crippen molar-refractivity contribution in [2.24, 2.45) is 5.92 Å². The van der Waals surface area contributed by atoms with Crippen LogP contribution in [0.25, 0.3) is 0 Å². The summed E-state index contributed by atoms with van der Waals surface area (Å²) in [5.74, 6) is -0.437. The quantitative estimate of drug-likeness (QED) is 0.274. The van der Waals surface area contributed by atoms with Gasteiger partial charge in [0.2, 0.25) is 0 Å². The fraction of sp³-hybridized carbons (Fsp3) is 0.273. The lowest BCUT2D eigenvalue weighted by atomic mass is 9.83. The molecule has 10 heteroatoms. The topological polar surface area (TPSA) is 121 Å². The van der Waals surface area contributed by atoms with Crippen LogP contribution in [0.4, 0.5) is 17.1 Å². The molecular weight excluding hydrogens is 546 g/mol. The van der Waals surface area contributed by atoms with E-state index < -0.39 is 17.4 Å². The van der Waals surface area contributed by atoms with Crippen LogP contribution in [0, 0.1) is 5.92 Å². The van der Waals surface area contributed by atoms with Crippen molar-refractivity contribution < 1.29 is 24.5 Å². The van der Waals surface area contributed by atoms with E-state index in [-0.39, 0.29) is 25.7 Å². The molecule has 2 amide bonds. The number of benzene rings is 3. The van der Waals surface area contributed by atoms with Gasteiger partial charge in [-0.3, -0.25) is 19.2 Å². The predicted molar refractivity (Wildman–Crippen MR) is 161 cm³/mol. The van der Waals surface area contributed by atoms with Crippen molar-refractivity contribution in [1.29, 1.82) is 0 Å². The molecule has 2 aliphatic rings. The molecule has 0 unspecified atom stereocenters. The largest absolute Gasteiger partial charge is 0.482 e. The Morgan fingerprint density at radius 1 is 1.05 bits per heavy atom. The lowest BCUT2D eigenvalue weighted by Crippen LogP contribution is -2.44. The molecule has 1 aromatic heterocycles. The molecule has 3 heterocycles. The number of carbonyl (C=O) groups excluding carboxylic acids is 2. The number of ether oxygens (including phenoxy) is 1. The monoisotopic (exact) mass is 579 g/mol. The van der Waals surface area contributed by atoms with Crippen LogP contribution in [0.5, 0.6) is 5.75 Å². The molecule has 0 bridgehead atoms. The van der Waals surface area contributed by atoms with Crippen LogP contribution in [0.3, 0.4) is 0 Å². The number of allylic oxidation sites excluding steroid dienone is 1. The third-order valence-corrected chi connectivity index (χ3v) is 7.96. The molecule has 0 spiro atoms. The van der Waals surface area contributed by atoms with Gasteiger partial charge in [-0.15, -0.1) is 5.10 Å². The average Bonchev–Trinajstić information content (AvgIpc) is 3.56. The van der Waals surface area contributed by atoms with Crippen molar-refractivity contribution in [3.8, 4) is 5.75 Å². The van der Waals surface area contributed by atoms with E-state index in [1.165, 1.54) is 0 Å². The van der Waals surface area contributed by atoms with E-state index >= 15 is 0 Å². The van der Waals surface area contributed by atoms with E-state index in [9.17, 15) is 14.7 Å². The number of hydrogen-bond acceptors (Lipinski definition) is 7. The van der Waals surface area contributed by atoms with Gasteiger partial charge in [-0.2, -0.15) is 0 Å². The number of nitrogens with zero attached hydrogens (tertiary/aromatic N) is 5. The fourth-order valence-corrected chi connectivity index (χ4v) is 5.74. The number of aliphatic hydroxyl groups is 2. The Hall–Kier alpha value is -4.80. The number of aromatic nitrogens is 3. The minimum absolute atomic E-state index is 0.0225. The van der Waals surface area contributed by atoms with Crippen LogP contribution in [0.15, 0.2) is 91.1 Å². The first-order valence-corrected chi connectivity index (χ1v) is 14.3. The second-order valence-electron chi connectivity index (χ2n) is 10.8. The number of rotatable bonds is 10. The van der Waals surface area contributed by atoms with Gasteiger partial charge in [-0.1, -0.05) is 66.8 Å². The van der Waals surface area contributed by atoms with Gasteiger partial charge in [0, 0.05) is 42.9 Å². The third-order valence-electron chi connectivity index (χ3n) is 7.96. The maximum absolute atomic E-state index is 14.0. The van der Waals surface area contributed by atoms with Gasteiger partial charge in [0.15, 0.2) is 12.2 Å². The molecule has 0 aliphatic carbocycles. The summed E-state index contributed by atoms with van der Waals surface area (Å²) in [6.45, 7) is 2.62. The highest BCUT2D eigenvalue weighted by molar-refractivity contribution is 6.07. The van der Waals surface area contributed by atoms with Crippen molar-refractivity contribution in [2.45, 2.75) is 38.5 Å². The number of hydrogen-bond donors (Lipinski definition) is 2. The summed E-state index contributed by atoms with van der Waals surface area (Å²) in [5.41, 5.74) is 2.39. The highest BCUT2D eigenvalue weighted by Crippen LogP contribution is 2.46. The Balaban J connectivity index is 1.21. The van der Waals surface area contributed by atoms with Gasteiger partial charge in [0.05, 0.1) is 23.6 Å². The van der Waals surface area contributed by atoms with Crippen LogP contribution in [0.2, 0.25) is 0 Å².